The first-order chi connectivity index (χ1) is 13.1. The van der Waals surface area contributed by atoms with Gasteiger partial charge in [-0.25, -0.2) is 4.98 Å². The highest BCUT2D eigenvalue weighted by Crippen LogP contribution is 2.34. The lowest BCUT2D eigenvalue weighted by atomic mass is 9.97. The van der Waals surface area contributed by atoms with Gasteiger partial charge in [-0.05, 0) is 45.2 Å². The first-order valence-corrected chi connectivity index (χ1v) is 10.7. The largest absolute Gasteiger partial charge is 0.378 e. The number of piperidine rings is 1. The fourth-order valence-corrected chi connectivity index (χ4v) is 5.01. The number of ether oxygens (including phenoxy) is 1. The van der Waals surface area contributed by atoms with E-state index in [1.54, 1.807) is 11.3 Å². The van der Waals surface area contributed by atoms with E-state index >= 15 is 0 Å². The quantitative estimate of drug-likeness (QED) is 0.800. The molecule has 3 heterocycles. The number of para-hydroxylation sites is 1. The van der Waals surface area contributed by atoms with Crippen molar-refractivity contribution in [1.29, 1.82) is 0 Å². The molecule has 27 heavy (non-hydrogen) atoms. The van der Waals surface area contributed by atoms with Crippen LogP contribution in [0, 0.1) is 0 Å². The molecule has 5 nitrogen and oxygen atoms in total. The zero-order chi connectivity index (χ0) is 18.8. The highest BCUT2D eigenvalue weighted by molar-refractivity contribution is 7.13. The zero-order valence-electron chi connectivity index (χ0n) is 16.1. The molecule has 1 aromatic heterocycles. The number of thiazole rings is 1. The molecule has 0 spiro atoms. The molecule has 2 aliphatic heterocycles. The number of benzene rings is 1. The topological polar surface area (TPSA) is 45.7 Å². The lowest BCUT2D eigenvalue weighted by molar-refractivity contribution is 0.0505. The summed E-state index contributed by atoms with van der Waals surface area (Å²) in [6.07, 6.45) is 3.35. The number of likely N-dealkylation sites (tertiary alicyclic amines) is 1. The van der Waals surface area contributed by atoms with Gasteiger partial charge >= 0.3 is 0 Å². The van der Waals surface area contributed by atoms with Crippen LogP contribution in [0.5, 0.6) is 0 Å². The number of aromatic nitrogens is 1. The number of carbonyl (C=O) groups is 1. The number of carbonyl (C=O) groups excluding carboxylic acids is 1. The molecule has 2 unspecified atom stereocenters. The first-order valence-electron chi connectivity index (χ1n) is 9.85. The van der Waals surface area contributed by atoms with Crippen LogP contribution < -0.4 is 4.90 Å². The van der Waals surface area contributed by atoms with Gasteiger partial charge in [-0.3, -0.25) is 4.79 Å². The molecule has 0 bridgehead atoms. The summed E-state index contributed by atoms with van der Waals surface area (Å²) >= 11 is 1.56. The molecule has 2 saturated heterocycles. The molecule has 2 fully saturated rings. The van der Waals surface area contributed by atoms with Crippen molar-refractivity contribution in [3.8, 4) is 10.6 Å². The molecule has 1 amide bonds. The van der Waals surface area contributed by atoms with Crippen LogP contribution in [0.25, 0.3) is 10.6 Å². The number of amides is 1. The van der Waals surface area contributed by atoms with E-state index in [1.165, 1.54) is 12.1 Å². The summed E-state index contributed by atoms with van der Waals surface area (Å²) < 4.78 is 5.48. The van der Waals surface area contributed by atoms with E-state index in [9.17, 15) is 4.79 Å². The SMILES string of the molecule is CC1CCCC(C)N1C(=O)c1csc(-c2ccccc2N2CCOCC2)n1. The second-order valence-corrected chi connectivity index (χ2v) is 8.35. The Kier molecular flexibility index (Phi) is 5.45. The average Bonchev–Trinajstić information content (AvgIpc) is 3.18. The Morgan fingerprint density at radius 3 is 2.59 bits per heavy atom. The summed E-state index contributed by atoms with van der Waals surface area (Å²) in [5.41, 5.74) is 2.85. The van der Waals surface area contributed by atoms with Crippen LogP contribution in [-0.2, 0) is 4.74 Å². The van der Waals surface area contributed by atoms with Gasteiger partial charge in [-0.15, -0.1) is 11.3 Å². The van der Waals surface area contributed by atoms with Crippen molar-refractivity contribution in [2.24, 2.45) is 0 Å². The van der Waals surface area contributed by atoms with Gasteiger partial charge in [-0.2, -0.15) is 0 Å². The lowest BCUT2D eigenvalue weighted by Crippen LogP contribution is -2.47. The highest BCUT2D eigenvalue weighted by Gasteiger charge is 2.31. The highest BCUT2D eigenvalue weighted by atomic mass is 32.1. The number of morpholine rings is 1. The molecule has 1 aromatic carbocycles. The molecule has 0 radical (unpaired) electrons. The summed E-state index contributed by atoms with van der Waals surface area (Å²) in [6.45, 7) is 7.57. The smallest absolute Gasteiger partial charge is 0.273 e. The summed E-state index contributed by atoms with van der Waals surface area (Å²) in [5, 5.41) is 2.83. The average molecular weight is 386 g/mol. The number of hydrogen-bond acceptors (Lipinski definition) is 5. The van der Waals surface area contributed by atoms with Crippen LogP contribution in [0.4, 0.5) is 5.69 Å². The number of anilines is 1. The van der Waals surface area contributed by atoms with Gasteiger partial charge in [0.1, 0.15) is 10.7 Å². The minimum absolute atomic E-state index is 0.0704. The fraction of sp³-hybridized carbons (Fsp3) is 0.524. The first kappa shape index (κ1) is 18.4. The molecular formula is C21H27N3O2S. The Labute approximate surface area is 165 Å². The van der Waals surface area contributed by atoms with Crippen molar-refractivity contribution < 1.29 is 9.53 Å². The lowest BCUT2D eigenvalue weighted by Gasteiger charge is -2.38. The zero-order valence-corrected chi connectivity index (χ0v) is 16.9. The van der Waals surface area contributed by atoms with E-state index < -0.39 is 0 Å². The van der Waals surface area contributed by atoms with E-state index in [-0.39, 0.29) is 18.0 Å². The van der Waals surface area contributed by atoms with Crippen LogP contribution in [0.15, 0.2) is 29.6 Å². The Balaban J connectivity index is 1.60. The molecule has 0 aliphatic carbocycles. The van der Waals surface area contributed by atoms with Gasteiger partial charge in [0.15, 0.2) is 0 Å². The number of hydrogen-bond donors (Lipinski definition) is 0. The Bertz CT molecular complexity index is 790. The van der Waals surface area contributed by atoms with Gasteiger partial charge in [0.05, 0.1) is 13.2 Å². The summed E-state index contributed by atoms with van der Waals surface area (Å²) in [5.74, 6) is 0.0704. The second kappa shape index (κ2) is 7.98. The maximum absolute atomic E-state index is 13.1. The summed E-state index contributed by atoms with van der Waals surface area (Å²) in [6, 6.07) is 8.91. The van der Waals surface area contributed by atoms with Crippen molar-refractivity contribution in [2.45, 2.75) is 45.2 Å². The predicted octanol–water partition coefficient (Wildman–Crippen LogP) is 4.05. The Morgan fingerprint density at radius 2 is 1.85 bits per heavy atom. The normalized spacial score (nSPS) is 23.5. The third-order valence-electron chi connectivity index (χ3n) is 5.64. The van der Waals surface area contributed by atoms with Crippen molar-refractivity contribution >= 4 is 22.9 Å². The fourth-order valence-electron chi connectivity index (χ4n) is 4.18. The summed E-state index contributed by atoms with van der Waals surface area (Å²) in [4.78, 5) is 22.2. The van der Waals surface area contributed by atoms with Crippen molar-refractivity contribution in [1.82, 2.24) is 9.88 Å². The van der Waals surface area contributed by atoms with Gasteiger partial charge in [0.25, 0.3) is 5.91 Å². The van der Waals surface area contributed by atoms with Gasteiger partial charge < -0.3 is 14.5 Å². The van der Waals surface area contributed by atoms with Crippen molar-refractivity contribution in [3.63, 3.8) is 0 Å². The van der Waals surface area contributed by atoms with E-state index in [0.29, 0.717) is 5.69 Å². The molecule has 0 N–H and O–H groups in total. The minimum atomic E-state index is 0.0704. The van der Waals surface area contributed by atoms with Crippen molar-refractivity contribution in [2.75, 3.05) is 31.2 Å². The molecule has 2 atom stereocenters. The minimum Gasteiger partial charge on any atom is -0.378 e. The third kappa shape index (κ3) is 3.73. The van der Waals surface area contributed by atoms with Gasteiger partial charge in [-0.1, -0.05) is 12.1 Å². The molecule has 0 saturated carbocycles. The van der Waals surface area contributed by atoms with E-state index in [0.717, 1.165) is 49.7 Å². The molecule has 2 aliphatic rings. The molecule has 2 aromatic rings. The molecule has 144 valence electrons. The maximum atomic E-state index is 13.1. The van der Waals surface area contributed by atoms with E-state index in [4.69, 9.17) is 9.72 Å². The van der Waals surface area contributed by atoms with Crippen molar-refractivity contribution in [3.05, 3.63) is 35.3 Å². The standard InChI is InChI=1S/C21H27N3O2S/c1-15-6-5-7-16(2)24(15)21(25)18-14-27-20(22-18)17-8-3-4-9-19(17)23-10-12-26-13-11-23/h3-4,8-9,14-16H,5-7,10-13H2,1-2H3. The number of rotatable bonds is 3. The van der Waals surface area contributed by atoms with E-state index in [2.05, 4.69) is 36.9 Å². The second-order valence-electron chi connectivity index (χ2n) is 7.50. The van der Waals surface area contributed by atoms with Crippen LogP contribution in [-0.4, -0.2) is 54.2 Å². The number of nitrogens with zero attached hydrogens (tertiary/aromatic N) is 3. The monoisotopic (exact) mass is 385 g/mol. The van der Waals surface area contributed by atoms with Crippen LogP contribution in [0.3, 0.4) is 0 Å². The Hall–Kier alpha value is -1.92. The van der Waals surface area contributed by atoms with E-state index in [1.807, 2.05) is 16.3 Å². The molecular weight excluding hydrogens is 358 g/mol. The van der Waals surface area contributed by atoms with Gasteiger partial charge in [0, 0.05) is 41.8 Å². The van der Waals surface area contributed by atoms with Crippen LogP contribution >= 0.6 is 11.3 Å². The van der Waals surface area contributed by atoms with Crippen LogP contribution in [0.2, 0.25) is 0 Å². The third-order valence-corrected chi connectivity index (χ3v) is 6.51. The summed E-state index contributed by atoms with van der Waals surface area (Å²) in [7, 11) is 0. The predicted molar refractivity (Wildman–Crippen MR) is 110 cm³/mol. The maximum Gasteiger partial charge on any atom is 0.273 e. The Morgan fingerprint density at radius 1 is 1.15 bits per heavy atom. The molecule has 6 heteroatoms. The van der Waals surface area contributed by atoms with Crippen LogP contribution in [0.1, 0.15) is 43.6 Å². The van der Waals surface area contributed by atoms with Gasteiger partial charge in [0.2, 0.25) is 0 Å². The molecule has 4 rings (SSSR count).